The third-order valence-electron chi connectivity index (χ3n) is 3.63. The number of hydrogen-bond acceptors (Lipinski definition) is 4. The lowest BCUT2D eigenvalue weighted by atomic mass is 9.91. The fraction of sp³-hybridized carbons (Fsp3) is 0.500. The largest absolute Gasteiger partial charge is 0.310 e. The first-order chi connectivity index (χ1) is 9.46. The number of nitrogens with one attached hydrogen (secondary N) is 1. The highest BCUT2D eigenvalue weighted by molar-refractivity contribution is 7.91. The Hall–Kier alpha value is -1.45. The molecule has 1 N–H and O–H groups in total. The zero-order valence-corrected chi connectivity index (χ0v) is 12.1. The van der Waals surface area contributed by atoms with Gasteiger partial charge in [-0.3, -0.25) is 0 Å². The van der Waals surface area contributed by atoms with Gasteiger partial charge in [0, 0.05) is 6.04 Å². The van der Waals surface area contributed by atoms with Crippen LogP contribution in [-0.2, 0) is 9.84 Å². The topological polar surface area (TPSA) is 70.0 Å². The second-order valence-electron chi connectivity index (χ2n) is 5.05. The average Bonchev–Trinajstić information content (AvgIpc) is 2.77. The molecule has 0 bridgehead atoms. The van der Waals surface area contributed by atoms with Crippen molar-refractivity contribution in [3.05, 3.63) is 35.1 Å². The van der Waals surface area contributed by atoms with Crippen LogP contribution in [0.15, 0.2) is 18.2 Å². The smallest absolute Gasteiger partial charge is 0.150 e. The summed E-state index contributed by atoms with van der Waals surface area (Å²) >= 11 is 0. The standard InChI is InChI=1S/C14H17FN2O2S/c1-2-17-14(11-5-6-20(18,19)9-11)10-3-4-13(15)12(7-10)8-16/h3-4,7,11,14,17H,2,5-6,9H2,1H3. The lowest BCUT2D eigenvalue weighted by molar-refractivity contribution is 0.400. The van der Waals surface area contributed by atoms with Crippen LogP contribution >= 0.6 is 0 Å². The molecular formula is C14H17FN2O2S. The molecule has 108 valence electrons. The highest BCUT2D eigenvalue weighted by Gasteiger charge is 2.34. The average molecular weight is 296 g/mol. The molecule has 1 aromatic rings. The summed E-state index contributed by atoms with van der Waals surface area (Å²) in [5.74, 6) is -0.238. The molecule has 0 aromatic heterocycles. The van der Waals surface area contributed by atoms with Crippen molar-refractivity contribution >= 4 is 9.84 Å². The summed E-state index contributed by atoms with van der Waals surface area (Å²) in [6, 6.07) is 6.05. The Morgan fingerprint density at radius 1 is 1.55 bits per heavy atom. The van der Waals surface area contributed by atoms with Gasteiger partial charge in [-0.2, -0.15) is 5.26 Å². The van der Waals surface area contributed by atoms with Crippen LogP contribution in [0.25, 0.3) is 0 Å². The van der Waals surface area contributed by atoms with Crippen LogP contribution in [-0.4, -0.2) is 26.5 Å². The van der Waals surface area contributed by atoms with Crippen molar-refractivity contribution in [2.24, 2.45) is 5.92 Å². The van der Waals surface area contributed by atoms with E-state index in [0.717, 1.165) is 5.56 Å². The van der Waals surface area contributed by atoms with Crippen LogP contribution in [0.2, 0.25) is 0 Å². The van der Waals surface area contributed by atoms with E-state index in [9.17, 15) is 12.8 Å². The van der Waals surface area contributed by atoms with Gasteiger partial charge in [-0.25, -0.2) is 12.8 Å². The maximum absolute atomic E-state index is 13.4. The Balaban J connectivity index is 2.32. The van der Waals surface area contributed by atoms with Gasteiger partial charge in [0.05, 0.1) is 17.1 Å². The van der Waals surface area contributed by atoms with E-state index in [1.165, 1.54) is 12.1 Å². The van der Waals surface area contributed by atoms with E-state index in [2.05, 4.69) is 5.32 Å². The van der Waals surface area contributed by atoms with Crippen molar-refractivity contribution in [2.75, 3.05) is 18.1 Å². The fourth-order valence-corrected chi connectivity index (χ4v) is 4.53. The molecule has 1 aromatic carbocycles. The molecule has 0 saturated carbocycles. The highest BCUT2D eigenvalue weighted by Crippen LogP contribution is 2.32. The maximum Gasteiger partial charge on any atom is 0.150 e. The Bertz CT molecular complexity index is 637. The van der Waals surface area contributed by atoms with Crippen LogP contribution in [0.1, 0.15) is 30.5 Å². The highest BCUT2D eigenvalue weighted by atomic mass is 32.2. The van der Waals surface area contributed by atoms with Crippen LogP contribution in [0, 0.1) is 23.1 Å². The van der Waals surface area contributed by atoms with E-state index in [1.54, 1.807) is 6.07 Å². The zero-order valence-electron chi connectivity index (χ0n) is 11.3. The van der Waals surface area contributed by atoms with Crippen molar-refractivity contribution in [1.82, 2.24) is 5.32 Å². The molecule has 1 heterocycles. The van der Waals surface area contributed by atoms with Crippen molar-refractivity contribution in [1.29, 1.82) is 5.26 Å². The molecule has 6 heteroatoms. The van der Waals surface area contributed by atoms with Crippen LogP contribution < -0.4 is 5.32 Å². The summed E-state index contributed by atoms with van der Waals surface area (Å²) in [6.07, 6.45) is 0.596. The van der Waals surface area contributed by atoms with Gasteiger partial charge in [-0.15, -0.1) is 0 Å². The molecule has 1 fully saturated rings. The Morgan fingerprint density at radius 3 is 2.85 bits per heavy atom. The summed E-state index contributed by atoms with van der Waals surface area (Å²) in [7, 11) is -2.97. The van der Waals surface area contributed by atoms with Gasteiger partial charge in [0.1, 0.15) is 11.9 Å². The van der Waals surface area contributed by atoms with Gasteiger partial charge in [0.25, 0.3) is 0 Å². The predicted octanol–water partition coefficient (Wildman–Crippen LogP) is 1.78. The summed E-state index contributed by atoms with van der Waals surface area (Å²) in [5.41, 5.74) is 0.762. The van der Waals surface area contributed by atoms with Gasteiger partial charge in [-0.1, -0.05) is 13.0 Å². The summed E-state index contributed by atoms with van der Waals surface area (Å²) in [4.78, 5) is 0. The van der Waals surface area contributed by atoms with E-state index in [1.807, 2.05) is 13.0 Å². The van der Waals surface area contributed by atoms with Gasteiger partial charge in [0.15, 0.2) is 9.84 Å². The summed E-state index contributed by atoms with van der Waals surface area (Å²) in [6.45, 7) is 2.62. The van der Waals surface area contributed by atoms with Crippen LogP contribution in [0.3, 0.4) is 0 Å². The lowest BCUT2D eigenvalue weighted by Gasteiger charge is -2.24. The molecule has 1 aliphatic rings. The van der Waals surface area contributed by atoms with E-state index >= 15 is 0 Å². The molecule has 2 atom stereocenters. The van der Waals surface area contributed by atoms with Gasteiger partial charge < -0.3 is 5.32 Å². The maximum atomic E-state index is 13.4. The molecule has 0 amide bonds. The minimum atomic E-state index is -2.97. The van der Waals surface area contributed by atoms with Gasteiger partial charge in [-0.05, 0) is 36.6 Å². The van der Waals surface area contributed by atoms with Gasteiger partial charge in [0.2, 0.25) is 0 Å². The molecular weight excluding hydrogens is 279 g/mol. The molecule has 20 heavy (non-hydrogen) atoms. The second kappa shape index (κ2) is 5.90. The van der Waals surface area contributed by atoms with Crippen molar-refractivity contribution in [2.45, 2.75) is 19.4 Å². The molecule has 1 saturated heterocycles. The van der Waals surface area contributed by atoms with Crippen molar-refractivity contribution in [3.8, 4) is 6.07 Å². The van der Waals surface area contributed by atoms with Crippen LogP contribution in [0.4, 0.5) is 4.39 Å². The quantitative estimate of drug-likeness (QED) is 0.919. The molecule has 0 spiro atoms. The minimum absolute atomic E-state index is 0.00810. The predicted molar refractivity (Wildman–Crippen MR) is 74.3 cm³/mol. The molecule has 1 aliphatic heterocycles. The number of sulfone groups is 1. The van der Waals surface area contributed by atoms with Gasteiger partial charge >= 0.3 is 0 Å². The molecule has 4 nitrogen and oxygen atoms in total. The molecule has 0 radical (unpaired) electrons. The zero-order chi connectivity index (χ0) is 14.8. The Morgan fingerprint density at radius 2 is 2.30 bits per heavy atom. The second-order valence-corrected chi connectivity index (χ2v) is 7.28. The first-order valence-electron chi connectivity index (χ1n) is 6.60. The number of nitriles is 1. The molecule has 2 unspecified atom stereocenters. The number of benzene rings is 1. The molecule has 2 rings (SSSR count). The fourth-order valence-electron chi connectivity index (χ4n) is 2.69. The van der Waals surface area contributed by atoms with E-state index in [-0.39, 0.29) is 29.0 Å². The van der Waals surface area contributed by atoms with Crippen LogP contribution in [0.5, 0.6) is 0 Å². The third-order valence-corrected chi connectivity index (χ3v) is 5.43. The Kier molecular flexibility index (Phi) is 4.41. The normalized spacial score (nSPS) is 22.4. The first kappa shape index (κ1) is 14.9. The van der Waals surface area contributed by atoms with E-state index < -0.39 is 15.7 Å². The minimum Gasteiger partial charge on any atom is -0.310 e. The Labute approximate surface area is 118 Å². The number of hydrogen-bond donors (Lipinski definition) is 1. The van der Waals surface area contributed by atoms with Crippen molar-refractivity contribution < 1.29 is 12.8 Å². The van der Waals surface area contributed by atoms with Crippen molar-refractivity contribution in [3.63, 3.8) is 0 Å². The summed E-state index contributed by atoms with van der Waals surface area (Å²) < 4.78 is 36.6. The number of halogens is 1. The molecule has 0 aliphatic carbocycles. The van der Waals surface area contributed by atoms with E-state index in [0.29, 0.717) is 13.0 Å². The van der Waals surface area contributed by atoms with E-state index in [4.69, 9.17) is 5.26 Å². The lowest BCUT2D eigenvalue weighted by Crippen LogP contribution is -2.29. The first-order valence-corrected chi connectivity index (χ1v) is 8.42. The number of rotatable bonds is 4. The monoisotopic (exact) mass is 296 g/mol. The third kappa shape index (κ3) is 3.17. The number of nitrogens with zero attached hydrogens (tertiary/aromatic N) is 1. The SMILES string of the molecule is CCNC(c1ccc(F)c(C#N)c1)C1CCS(=O)(=O)C1. The summed E-state index contributed by atoms with van der Waals surface area (Å²) in [5, 5.41) is 12.1.